The number of hydrogen-bond acceptors (Lipinski definition) is 7. The average Bonchev–Trinajstić information content (AvgIpc) is 2.83. The van der Waals surface area contributed by atoms with Crippen LogP contribution >= 0.6 is 0 Å². The minimum absolute atomic E-state index is 0.0678. The van der Waals surface area contributed by atoms with Gasteiger partial charge in [0.25, 0.3) is 5.91 Å². The van der Waals surface area contributed by atoms with Gasteiger partial charge >= 0.3 is 0 Å². The highest BCUT2D eigenvalue weighted by atomic mass is 16.2. The van der Waals surface area contributed by atoms with Crippen molar-refractivity contribution in [2.75, 3.05) is 17.3 Å². The Morgan fingerprint density at radius 3 is 2.88 bits per heavy atom. The van der Waals surface area contributed by atoms with Crippen molar-refractivity contribution in [3.63, 3.8) is 0 Å². The van der Waals surface area contributed by atoms with Crippen LogP contribution in [0, 0.1) is 0 Å². The molecule has 33 heavy (non-hydrogen) atoms. The smallest absolute Gasteiger partial charge is 0.271 e. The van der Waals surface area contributed by atoms with E-state index in [1.807, 2.05) is 42.3 Å². The minimum Gasteiger partial charge on any atom is -0.364 e. The molecule has 2 amide bonds. The standard InChI is InChI=1S/C24H27N7O2/c1-3-21(32)28-16-7-4-8-18(13-16)31(2)20-14-27-22(23(25)33)24(30-20)29-17-9-10-19-15(12-17)6-5-11-26-19/h3,5-6,9-12,14,16,18H,1,4,7-8,13H2,2H3,(H2,25,33)(H,28,32)(H,29,30)/t16?,18-/m1/s1. The van der Waals surface area contributed by atoms with Gasteiger partial charge in [-0.1, -0.05) is 12.6 Å². The maximum atomic E-state index is 12.0. The maximum Gasteiger partial charge on any atom is 0.271 e. The van der Waals surface area contributed by atoms with Crippen molar-refractivity contribution in [2.45, 2.75) is 37.8 Å². The first-order valence-corrected chi connectivity index (χ1v) is 10.9. The van der Waals surface area contributed by atoms with E-state index in [0.717, 1.165) is 42.3 Å². The first-order chi connectivity index (χ1) is 15.9. The SMILES string of the molecule is C=CC(=O)NC1CCC[C@@H](N(C)c2cnc(C(N)=O)c(Nc3ccc4ncccc4c3)n2)C1. The Labute approximate surface area is 192 Å². The van der Waals surface area contributed by atoms with Crippen molar-refractivity contribution in [3.05, 3.63) is 61.1 Å². The second-order valence-electron chi connectivity index (χ2n) is 8.17. The molecule has 1 aromatic carbocycles. The molecule has 1 fully saturated rings. The Morgan fingerprint density at radius 2 is 2.09 bits per heavy atom. The fraction of sp³-hybridized carbons (Fsp3) is 0.292. The maximum absolute atomic E-state index is 12.0. The number of anilines is 3. The van der Waals surface area contributed by atoms with E-state index in [1.165, 1.54) is 6.08 Å². The summed E-state index contributed by atoms with van der Waals surface area (Å²) in [7, 11) is 1.95. The van der Waals surface area contributed by atoms with E-state index in [4.69, 9.17) is 5.73 Å². The van der Waals surface area contributed by atoms with Gasteiger partial charge in [0.15, 0.2) is 11.5 Å². The monoisotopic (exact) mass is 445 g/mol. The molecule has 4 N–H and O–H groups in total. The molecule has 1 unspecified atom stereocenters. The van der Waals surface area contributed by atoms with Gasteiger partial charge in [0.05, 0.1) is 11.7 Å². The number of benzene rings is 1. The van der Waals surface area contributed by atoms with Gasteiger partial charge in [-0.3, -0.25) is 14.6 Å². The number of primary amides is 1. The molecule has 2 atom stereocenters. The second-order valence-corrected chi connectivity index (χ2v) is 8.17. The molecule has 0 radical (unpaired) electrons. The van der Waals surface area contributed by atoms with E-state index >= 15 is 0 Å². The molecule has 1 aliphatic carbocycles. The Bertz CT molecular complexity index is 1200. The number of nitrogens with one attached hydrogen (secondary N) is 2. The van der Waals surface area contributed by atoms with Gasteiger partial charge in [0, 0.05) is 36.4 Å². The van der Waals surface area contributed by atoms with Crippen LogP contribution in [0.3, 0.4) is 0 Å². The van der Waals surface area contributed by atoms with Gasteiger partial charge in [-0.15, -0.1) is 0 Å². The van der Waals surface area contributed by atoms with E-state index in [0.29, 0.717) is 11.6 Å². The highest BCUT2D eigenvalue weighted by Crippen LogP contribution is 2.28. The second kappa shape index (κ2) is 9.64. The Kier molecular flexibility index (Phi) is 6.48. The predicted molar refractivity (Wildman–Crippen MR) is 128 cm³/mol. The molecule has 0 aliphatic heterocycles. The van der Waals surface area contributed by atoms with E-state index in [2.05, 4.69) is 32.2 Å². The topological polar surface area (TPSA) is 126 Å². The third-order valence-corrected chi connectivity index (χ3v) is 5.95. The van der Waals surface area contributed by atoms with Gasteiger partial charge in [-0.25, -0.2) is 9.97 Å². The van der Waals surface area contributed by atoms with E-state index in [-0.39, 0.29) is 23.7 Å². The number of aromatic nitrogens is 3. The summed E-state index contributed by atoms with van der Waals surface area (Å²) in [5.74, 6) is 0.0885. The zero-order valence-electron chi connectivity index (χ0n) is 18.5. The number of rotatable bonds is 7. The van der Waals surface area contributed by atoms with E-state index in [1.54, 1.807) is 12.4 Å². The Hall–Kier alpha value is -4.01. The largest absolute Gasteiger partial charge is 0.364 e. The summed E-state index contributed by atoms with van der Waals surface area (Å²) in [4.78, 5) is 39.0. The number of fused-ring (bicyclic) bond motifs is 1. The Balaban J connectivity index is 1.58. The van der Waals surface area contributed by atoms with Crippen LogP contribution in [0.2, 0.25) is 0 Å². The summed E-state index contributed by atoms with van der Waals surface area (Å²) in [6.45, 7) is 3.52. The molecule has 1 saturated carbocycles. The molecule has 9 heteroatoms. The van der Waals surface area contributed by atoms with Crippen LogP contribution in [0.5, 0.6) is 0 Å². The molecular weight excluding hydrogens is 418 g/mol. The number of hydrogen-bond donors (Lipinski definition) is 3. The molecule has 4 rings (SSSR count). The highest BCUT2D eigenvalue weighted by molar-refractivity contribution is 5.96. The van der Waals surface area contributed by atoms with Crippen LogP contribution in [-0.2, 0) is 4.79 Å². The number of pyridine rings is 1. The van der Waals surface area contributed by atoms with Crippen molar-refractivity contribution in [1.82, 2.24) is 20.3 Å². The molecule has 0 bridgehead atoms. The van der Waals surface area contributed by atoms with Crippen LogP contribution in [0.1, 0.15) is 36.2 Å². The third-order valence-electron chi connectivity index (χ3n) is 5.95. The molecule has 0 saturated heterocycles. The van der Waals surface area contributed by atoms with Gasteiger partial charge in [0.1, 0.15) is 5.82 Å². The lowest BCUT2D eigenvalue weighted by Crippen LogP contribution is -2.44. The number of nitrogens with zero attached hydrogens (tertiary/aromatic N) is 4. The van der Waals surface area contributed by atoms with Crippen molar-refractivity contribution in [2.24, 2.45) is 5.73 Å². The van der Waals surface area contributed by atoms with Crippen molar-refractivity contribution >= 4 is 40.0 Å². The quantitative estimate of drug-likeness (QED) is 0.477. The van der Waals surface area contributed by atoms with Crippen LogP contribution < -0.4 is 21.3 Å². The van der Waals surface area contributed by atoms with Gasteiger partial charge in [-0.2, -0.15) is 0 Å². The molecule has 1 aliphatic rings. The van der Waals surface area contributed by atoms with Crippen molar-refractivity contribution < 1.29 is 9.59 Å². The number of carbonyl (C=O) groups excluding carboxylic acids is 2. The van der Waals surface area contributed by atoms with Crippen LogP contribution in [0.25, 0.3) is 10.9 Å². The molecule has 9 nitrogen and oxygen atoms in total. The van der Waals surface area contributed by atoms with Crippen molar-refractivity contribution in [3.8, 4) is 0 Å². The van der Waals surface area contributed by atoms with Crippen LogP contribution in [-0.4, -0.2) is 45.9 Å². The van der Waals surface area contributed by atoms with Gasteiger partial charge < -0.3 is 21.3 Å². The lowest BCUT2D eigenvalue weighted by Gasteiger charge is -2.36. The molecule has 2 aromatic heterocycles. The van der Waals surface area contributed by atoms with Crippen molar-refractivity contribution in [1.29, 1.82) is 0 Å². The minimum atomic E-state index is -0.661. The average molecular weight is 446 g/mol. The fourth-order valence-electron chi connectivity index (χ4n) is 4.20. The van der Waals surface area contributed by atoms with E-state index in [9.17, 15) is 9.59 Å². The zero-order chi connectivity index (χ0) is 23.4. The zero-order valence-corrected chi connectivity index (χ0v) is 18.5. The fourth-order valence-corrected chi connectivity index (χ4v) is 4.20. The molecule has 3 aromatic rings. The first-order valence-electron chi connectivity index (χ1n) is 10.9. The predicted octanol–water partition coefficient (Wildman–Crippen LogP) is 2.92. The molecule has 2 heterocycles. The number of carbonyl (C=O) groups is 2. The summed E-state index contributed by atoms with van der Waals surface area (Å²) >= 11 is 0. The van der Waals surface area contributed by atoms with Gasteiger partial charge in [0.2, 0.25) is 5.91 Å². The summed E-state index contributed by atoms with van der Waals surface area (Å²) < 4.78 is 0. The lowest BCUT2D eigenvalue weighted by molar-refractivity contribution is -0.117. The lowest BCUT2D eigenvalue weighted by atomic mass is 9.90. The van der Waals surface area contributed by atoms with Gasteiger partial charge in [-0.05, 0) is 56.0 Å². The summed E-state index contributed by atoms with van der Waals surface area (Å²) in [6.07, 6.45) is 8.26. The molecular formula is C24H27N7O2. The Morgan fingerprint density at radius 1 is 1.24 bits per heavy atom. The third kappa shape index (κ3) is 5.08. The van der Waals surface area contributed by atoms with Crippen LogP contribution in [0.15, 0.2) is 55.4 Å². The number of nitrogens with two attached hydrogens (primary N) is 1. The molecule has 170 valence electrons. The summed E-state index contributed by atoms with van der Waals surface area (Å²) in [5, 5.41) is 7.14. The molecule has 0 spiro atoms. The first kappa shape index (κ1) is 22.2. The summed E-state index contributed by atoms with van der Waals surface area (Å²) in [5.41, 5.74) is 7.24. The number of amides is 2. The van der Waals surface area contributed by atoms with E-state index < -0.39 is 5.91 Å². The summed E-state index contributed by atoms with van der Waals surface area (Å²) in [6, 6.07) is 9.77. The normalized spacial score (nSPS) is 17.8. The van der Waals surface area contributed by atoms with Crippen LogP contribution in [0.4, 0.5) is 17.3 Å². The highest BCUT2D eigenvalue weighted by Gasteiger charge is 2.27.